The zero-order valence-electron chi connectivity index (χ0n) is 16.5. The van der Waals surface area contributed by atoms with Gasteiger partial charge in [-0.2, -0.15) is 13.2 Å². The van der Waals surface area contributed by atoms with E-state index in [-0.39, 0.29) is 36.6 Å². The largest absolute Gasteiger partial charge is 0.475 e. The third-order valence-corrected chi connectivity index (χ3v) is 4.58. The molecule has 0 radical (unpaired) electrons. The van der Waals surface area contributed by atoms with E-state index >= 15 is 0 Å². The summed E-state index contributed by atoms with van der Waals surface area (Å²) >= 11 is 0. The standard InChI is InChI=1S/C20H24F3N5O.HI/c1-24-19(27-15-9-12-28(14-15)16-6-3-2-4-7-16)26-11-13-29-18-17(20(21,22)23)8-5-10-25-18;/h2-8,10,15H,9,11-14H2,1H3,(H2,24,26,27);1H. The van der Waals surface area contributed by atoms with Crippen LogP contribution < -0.4 is 20.3 Å². The minimum absolute atomic E-state index is 0. The number of halogens is 4. The highest BCUT2D eigenvalue weighted by Gasteiger charge is 2.35. The summed E-state index contributed by atoms with van der Waals surface area (Å²) in [5, 5.41) is 6.41. The van der Waals surface area contributed by atoms with Gasteiger partial charge in [0.2, 0.25) is 5.88 Å². The van der Waals surface area contributed by atoms with Gasteiger partial charge in [-0.3, -0.25) is 4.99 Å². The van der Waals surface area contributed by atoms with Gasteiger partial charge in [-0.15, -0.1) is 24.0 Å². The summed E-state index contributed by atoms with van der Waals surface area (Å²) in [7, 11) is 1.65. The molecule has 2 N–H and O–H groups in total. The third-order valence-electron chi connectivity index (χ3n) is 4.58. The molecule has 0 spiro atoms. The molecule has 0 aliphatic carbocycles. The number of nitrogens with one attached hydrogen (secondary N) is 2. The number of benzene rings is 1. The predicted molar refractivity (Wildman–Crippen MR) is 122 cm³/mol. The second-order valence-corrected chi connectivity index (χ2v) is 6.61. The smallest absolute Gasteiger partial charge is 0.421 e. The average Bonchev–Trinajstić information content (AvgIpc) is 3.19. The van der Waals surface area contributed by atoms with Crippen molar-refractivity contribution < 1.29 is 17.9 Å². The molecule has 30 heavy (non-hydrogen) atoms. The summed E-state index contributed by atoms with van der Waals surface area (Å²) in [4.78, 5) is 10.2. The molecule has 10 heteroatoms. The average molecular weight is 535 g/mol. The van der Waals surface area contributed by atoms with Crippen LogP contribution in [0, 0.1) is 0 Å². The van der Waals surface area contributed by atoms with Crippen molar-refractivity contribution in [1.82, 2.24) is 15.6 Å². The molecule has 164 valence electrons. The SMILES string of the molecule is CN=C(NCCOc1ncccc1C(F)(F)F)NC1CCN(c2ccccc2)C1.I. The molecule has 2 heterocycles. The maximum Gasteiger partial charge on any atom is 0.421 e. The monoisotopic (exact) mass is 535 g/mol. The molecule has 0 saturated carbocycles. The highest BCUT2D eigenvalue weighted by Crippen LogP contribution is 2.34. The van der Waals surface area contributed by atoms with Gasteiger partial charge >= 0.3 is 6.18 Å². The number of guanidine groups is 1. The molecule has 1 aliphatic heterocycles. The van der Waals surface area contributed by atoms with Crippen molar-refractivity contribution in [2.45, 2.75) is 18.6 Å². The van der Waals surface area contributed by atoms with Crippen LogP contribution >= 0.6 is 24.0 Å². The molecule has 1 atom stereocenters. The fourth-order valence-corrected chi connectivity index (χ4v) is 3.18. The van der Waals surface area contributed by atoms with Crippen molar-refractivity contribution in [3.05, 3.63) is 54.2 Å². The lowest BCUT2D eigenvalue weighted by molar-refractivity contribution is -0.139. The summed E-state index contributed by atoms with van der Waals surface area (Å²) in [5.74, 6) is 0.171. The minimum Gasteiger partial charge on any atom is -0.475 e. The van der Waals surface area contributed by atoms with E-state index < -0.39 is 17.6 Å². The number of anilines is 1. The molecule has 1 fully saturated rings. The molecular formula is C20H25F3IN5O. The first-order valence-electron chi connectivity index (χ1n) is 9.39. The van der Waals surface area contributed by atoms with Crippen molar-refractivity contribution in [2.75, 3.05) is 38.2 Å². The van der Waals surface area contributed by atoms with E-state index in [0.29, 0.717) is 12.5 Å². The molecule has 0 bridgehead atoms. The van der Waals surface area contributed by atoms with E-state index in [9.17, 15) is 13.2 Å². The highest BCUT2D eigenvalue weighted by molar-refractivity contribution is 14.0. The van der Waals surface area contributed by atoms with Crippen LogP contribution in [0.3, 0.4) is 0 Å². The summed E-state index contributed by atoms with van der Waals surface area (Å²) in [6, 6.07) is 12.6. The van der Waals surface area contributed by atoms with Crippen LogP contribution in [-0.4, -0.2) is 50.3 Å². The van der Waals surface area contributed by atoms with Gasteiger partial charge in [-0.1, -0.05) is 18.2 Å². The maximum atomic E-state index is 13.0. The Hall–Kier alpha value is -2.24. The zero-order chi connectivity index (χ0) is 20.7. The van der Waals surface area contributed by atoms with Gasteiger partial charge in [-0.25, -0.2) is 4.98 Å². The Balaban J connectivity index is 0.00000320. The molecule has 0 amide bonds. The first-order valence-corrected chi connectivity index (χ1v) is 9.39. The second kappa shape index (κ2) is 11.2. The lowest BCUT2D eigenvalue weighted by Gasteiger charge is -2.20. The van der Waals surface area contributed by atoms with Crippen molar-refractivity contribution in [1.29, 1.82) is 0 Å². The van der Waals surface area contributed by atoms with Gasteiger partial charge in [0.15, 0.2) is 5.96 Å². The van der Waals surface area contributed by atoms with Gasteiger partial charge in [0.25, 0.3) is 0 Å². The Morgan fingerprint density at radius 2 is 2.00 bits per heavy atom. The van der Waals surface area contributed by atoms with Crippen LogP contribution in [0.5, 0.6) is 5.88 Å². The number of nitrogens with zero attached hydrogens (tertiary/aromatic N) is 3. The summed E-state index contributed by atoms with van der Waals surface area (Å²) in [6.45, 7) is 2.12. The van der Waals surface area contributed by atoms with Crippen molar-refractivity contribution >= 4 is 35.6 Å². The van der Waals surface area contributed by atoms with Crippen molar-refractivity contribution in [3.8, 4) is 5.88 Å². The summed E-state index contributed by atoms with van der Waals surface area (Å²) in [5.41, 5.74) is 0.304. The highest BCUT2D eigenvalue weighted by atomic mass is 127. The Kier molecular flexibility index (Phi) is 9.00. The van der Waals surface area contributed by atoms with Crippen LogP contribution in [-0.2, 0) is 6.18 Å². The van der Waals surface area contributed by atoms with E-state index in [2.05, 4.69) is 37.6 Å². The van der Waals surface area contributed by atoms with E-state index in [1.165, 1.54) is 18.0 Å². The normalized spacial score (nSPS) is 16.7. The van der Waals surface area contributed by atoms with E-state index in [1.807, 2.05) is 18.2 Å². The minimum atomic E-state index is -4.50. The number of hydrogen-bond acceptors (Lipinski definition) is 4. The van der Waals surface area contributed by atoms with E-state index in [4.69, 9.17) is 4.74 Å². The predicted octanol–water partition coefficient (Wildman–Crippen LogP) is 3.54. The van der Waals surface area contributed by atoms with Gasteiger partial charge in [0.05, 0.1) is 6.54 Å². The molecule has 3 rings (SSSR count). The molecule has 1 aromatic heterocycles. The number of aromatic nitrogens is 1. The quantitative estimate of drug-likeness (QED) is 0.257. The van der Waals surface area contributed by atoms with Crippen LogP contribution in [0.1, 0.15) is 12.0 Å². The molecule has 1 aromatic carbocycles. The molecular weight excluding hydrogens is 510 g/mol. The van der Waals surface area contributed by atoms with E-state index in [1.54, 1.807) is 7.05 Å². The fraction of sp³-hybridized carbons (Fsp3) is 0.400. The lowest BCUT2D eigenvalue weighted by Crippen LogP contribution is -2.45. The third kappa shape index (κ3) is 6.64. The maximum absolute atomic E-state index is 13.0. The number of para-hydroxylation sites is 1. The Morgan fingerprint density at radius 1 is 1.23 bits per heavy atom. The number of hydrogen-bond donors (Lipinski definition) is 2. The van der Waals surface area contributed by atoms with Crippen molar-refractivity contribution in [2.24, 2.45) is 4.99 Å². The van der Waals surface area contributed by atoms with Crippen LogP contribution in [0.2, 0.25) is 0 Å². The number of pyridine rings is 1. The first-order chi connectivity index (χ1) is 14.0. The summed E-state index contributed by atoms with van der Waals surface area (Å²) in [6.07, 6.45) is -2.26. The Morgan fingerprint density at radius 3 is 2.70 bits per heavy atom. The van der Waals surface area contributed by atoms with E-state index in [0.717, 1.165) is 25.6 Å². The van der Waals surface area contributed by atoms with Crippen molar-refractivity contribution in [3.63, 3.8) is 0 Å². The number of aliphatic imine (C=N–C) groups is 1. The Labute approximate surface area is 190 Å². The fourth-order valence-electron chi connectivity index (χ4n) is 3.18. The molecule has 2 aromatic rings. The van der Waals surface area contributed by atoms with Crippen LogP contribution in [0.25, 0.3) is 0 Å². The molecule has 6 nitrogen and oxygen atoms in total. The first kappa shape index (κ1) is 24.0. The van der Waals surface area contributed by atoms with Gasteiger partial charge < -0.3 is 20.3 Å². The zero-order valence-corrected chi connectivity index (χ0v) is 18.9. The van der Waals surface area contributed by atoms with Gasteiger partial charge in [0, 0.05) is 38.1 Å². The summed E-state index contributed by atoms with van der Waals surface area (Å²) < 4.78 is 44.1. The van der Waals surface area contributed by atoms with Crippen LogP contribution in [0.15, 0.2) is 53.7 Å². The lowest BCUT2D eigenvalue weighted by atomic mass is 10.2. The van der Waals surface area contributed by atoms with Crippen LogP contribution in [0.4, 0.5) is 18.9 Å². The number of alkyl halides is 3. The van der Waals surface area contributed by atoms with Gasteiger partial charge in [0.1, 0.15) is 12.2 Å². The van der Waals surface area contributed by atoms with Gasteiger partial charge in [-0.05, 0) is 30.7 Å². The number of ether oxygens (including phenoxy) is 1. The molecule has 1 saturated heterocycles. The number of rotatable bonds is 6. The Bertz CT molecular complexity index is 820. The molecule has 1 unspecified atom stereocenters. The topological polar surface area (TPSA) is 61.8 Å². The second-order valence-electron chi connectivity index (χ2n) is 6.61. The molecule has 1 aliphatic rings.